The maximum absolute atomic E-state index is 12.6. The molecule has 6 nitrogen and oxygen atoms in total. The molecule has 1 amide bonds. The smallest absolute Gasteiger partial charge is 0.241 e. The van der Waals surface area contributed by atoms with Crippen LogP contribution in [0.4, 0.5) is 11.4 Å². The molecule has 0 aliphatic heterocycles. The van der Waals surface area contributed by atoms with Crippen LogP contribution in [0.15, 0.2) is 35.2 Å². The van der Waals surface area contributed by atoms with Gasteiger partial charge in [-0.05, 0) is 56.5 Å². The molecule has 0 saturated carbocycles. The molecule has 0 aliphatic carbocycles. The second-order valence-electron chi connectivity index (χ2n) is 6.50. The quantitative estimate of drug-likeness (QED) is 0.676. The number of rotatable bonds is 6. The summed E-state index contributed by atoms with van der Waals surface area (Å²) >= 11 is 0. The van der Waals surface area contributed by atoms with E-state index in [1.54, 1.807) is 26.0 Å². The van der Waals surface area contributed by atoms with Gasteiger partial charge < -0.3 is 11.1 Å². The molecular weight excluding hydrogens is 350 g/mol. The van der Waals surface area contributed by atoms with E-state index < -0.39 is 10.0 Å². The minimum Gasteiger partial charge on any atom is -0.399 e. The van der Waals surface area contributed by atoms with E-state index in [1.807, 2.05) is 32.0 Å². The number of nitrogens with one attached hydrogen (secondary N) is 2. The van der Waals surface area contributed by atoms with Crippen LogP contribution in [0.3, 0.4) is 0 Å². The Balaban J connectivity index is 2.00. The number of aryl methyl sites for hydroxylation is 4. The third kappa shape index (κ3) is 4.83. The summed E-state index contributed by atoms with van der Waals surface area (Å²) in [5, 5.41) is 2.75. The van der Waals surface area contributed by atoms with Gasteiger partial charge >= 0.3 is 0 Å². The molecule has 0 spiro atoms. The molecule has 0 aliphatic rings. The standard InChI is InChI=1S/C19H25N3O3S/c1-12-9-14(3)19(15(4)10-12)26(24,25)21-8-7-18(23)22-17-11-16(20)6-5-13(17)2/h5-6,9-11,21H,7-8,20H2,1-4H3,(H,22,23). The van der Waals surface area contributed by atoms with Crippen molar-refractivity contribution in [2.75, 3.05) is 17.6 Å². The molecule has 2 aromatic rings. The zero-order chi connectivity index (χ0) is 19.5. The normalized spacial score (nSPS) is 11.4. The largest absolute Gasteiger partial charge is 0.399 e. The summed E-state index contributed by atoms with van der Waals surface area (Å²) in [4.78, 5) is 12.4. The lowest BCUT2D eigenvalue weighted by atomic mass is 10.1. The van der Waals surface area contributed by atoms with Crippen LogP contribution in [0, 0.1) is 27.7 Å². The number of carbonyl (C=O) groups is 1. The lowest BCUT2D eigenvalue weighted by Crippen LogP contribution is -2.29. The molecule has 4 N–H and O–H groups in total. The van der Waals surface area contributed by atoms with Crippen LogP contribution in [0.25, 0.3) is 0 Å². The highest BCUT2D eigenvalue weighted by atomic mass is 32.2. The Labute approximate surface area is 154 Å². The van der Waals surface area contributed by atoms with Gasteiger partial charge in [0.2, 0.25) is 15.9 Å². The summed E-state index contributed by atoms with van der Waals surface area (Å²) in [5.41, 5.74) is 10.2. The highest BCUT2D eigenvalue weighted by Crippen LogP contribution is 2.21. The van der Waals surface area contributed by atoms with Gasteiger partial charge in [-0.15, -0.1) is 0 Å². The number of hydrogen-bond acceptors (Lipinski definition) is 4. The summed E-state index contributed by atoms with van der Waals surface area (Å²) in [7, 11) is -3.67. The van der Waals surface area contributed by atoms with E-state index in [2.05, 4.69) is 10.0 Å². The monoisotopic (exact) mass is 375 g/mol. The van der Waals surface area contributed by atoms with Crippen LogP contribution in [-0.4, -0.2) is 20.9 Å². The van der Waals surface area contributed by atoms with Gasteiger partial charge in [0.25, 0.3) is 0 Å². The predicted octanol–water partition coefficient (Wildman–Crippen LogP) is 2.81. The van der Waals surface area contributed by atoms with Crippen LogP contribution >= 0.6 is 0 Å². The van der Waals surface area contributed by atoms with Crippen molar-refractivity contribution < 1.29 is 13.2 Å². The lowest BCUT2D eigenvalue weighted by molar-refractivity contribution is -0.116. The fourth-order valence-electron chi connectivity index (χ4n) is 2.95. The van der Waals surface area contributed by atoms with Crippen molar-refractivity contribution in [2.45, 2.75) is 39.0 Å². The third-order valence-electron chi connectivity index (χ3n) is 4.05. The molecule has 0 bridgehead atoms. The fraction of sp³-hybridized carbons (Fsp3) is 0.316. The number of benzene rings is 2. The molecule has 2 rings (SSSR count). The highest BCUT2D eigenvalue weighted by Gasteiger charge is 2.19. The molecule has 0 heterocycles. The van der Waals surface area contributed by atoms with Gasteiger partial charge in [0.15, 0.2) is 0 Å². The van der Waals surface area contributed by atoms with Gasteiger partial charge in [0.1, 0.15) is 0 Å². The van der Waals surface area contributed by atoms with Gasteiger partial charge in [-0.25, -0.2) is 13.1 Å². The van der Waals surface area contributed by atoms with Crippen molar-refractivity contribution in [1.82, 2.24) is 4.72 Å². The molecule has 0 atom stereocenters. The van der Waals surface area contributed by atoms with Crippen molar-refractivity contribution >= 4 is 27.3 Å². The summed E-state index contributed by atoms with van der Waals surface area (Å²) < 4.78 is 27.6. The Bertz CT molecular complexity index is 914. The number of carbonyl (C=O) groups excluding carboxylic acids is 1. The average molecular weight is 375 g/mol. The summed E-state index contributed by atoms with van der Waals surface area (Å²) in [6.07, 6.45) is 0.0252. The van der Waals surface area contributed by atoms with Gasteiger partial charge in [-0.1, -0.05) is 23.8 Å². The Morgan fingerprint density at radius 2 is 1.62 bits per heavy atom. The molecule has 0 fully saturated rings. The molecule has 0 saturated heterocycles. The van der Waals surface area contributed by atoms with E-state index in [0.717, 1.165) is 11.1 Å². The number of amides is 1. The Morgan fingerprint density at radius 3 is 2.23 bits per heavy atom. The van der Waals surface area contributed by atoms with E-state index in [4.69, 9.17) is 5.73 Å². The maximum atomic E-state index is 12.6. The van der Waals surface area contributed by atoms with Gasteiger partial charge in [-0.3, -0.25) is 4.79 Å². The maximum Gasteiger partial charge on any atom is 0.241 e. The average Bonchev–Trinajstić information content (AvgIpc) is 2.49. The fourth-order valence-corrected chi connectivity index (χ4v) is 4.43. The van der Waals surface area contributed by atoms with Crippen molar-refractivity contribution in [3.05, 3.63) is 52.6 Å². The molecule has 0 aromatic heterocycles. The zero-order valence-electron chi connectivity index (χ0n) is 15.5. The first kappa shape index (κ1) is 19.9. The van der Waals surface area contributed by atoms with Crippen molar-refractivity contribution in [3.8, 4) is 0 Å². The summed E-state index contributed by atoms with van der Waals surface area (Å²) in [6, 6.07) is 8.91. The van der Waals surface area contributed by atoms with Gasteiger partial charge in [0.05, 0.1) is 4.90 Å². The second kappa shape index (κ2) is 7.88. The van der Waals surface area contributed by atoms with Crippen LogP contribution < -0.4 is 15.8 Å². The van der Waals surface area contributed by atoms with Crippen LogP contribution in [0.1, 0.15) is 28.7 Å². The van der Waals surface area contributed by atoms with E-state index in [-0.39, 0.29) is 23.8 Å². The summed E-state index contributed by atoms with van der Waals surface area (Å²) in [6.45, 7) is 7.34. The lowest BCUT2D eigenvalue weighted by Gasteiger charge is -2.13. The molecule has 7 heteroatoms. The zero-order valence-corrected chi connectivity index (χ0v) is 16.3. The first-order valence-corrected chi connectivity index (χ1v) is 9.82. The van der Waals surface area contributed by atoms with Crippen LogP contribution in [0.2, 0.25) is 0 Å². The van der Waals surface area contributed by atoms with Crippen LogP contribution in [0.5, 0.6) is 0 Å². The number of nitrogen functional groups attached to an aromatic ring is 1. The minimum atomic E-state index is -3.67. The Kier molecular flexibility index (Phi) is 6.05. The Morgan fingerprint density at radius 1 is 1.00 bits per heavy atom. The number of anilines is 2. The van der Waals surface area contributed by atoms with Gasteiger partial charge in [0, 0.05) is 24.3 Å². The molecule has 0 radical (unpaired) electrons. The SMILES string of the molecule is Cc1cc(C)c(S(=O)(=O)NCCC(=O)Nc2cc(N)ccc2C)c(C)c1. The predicted molar refractivity (Wildman–Crippen MR) is 105 cm³/mol. The molecular formula is C19H25N3O3S. The Hall–Kier alpha value is -2.38. The van der Waals surface area contributed by atoms with E-state index >= 15 is 0 Å². The first-order chi connectivity index (χ1) is 12.1. The number of hydrogen-bond donors (Lipinski definition) is 3. The van der Waals surface area contributed by atoms with Crippen LogP contribution in [-0.2, 0) is 14.8 Å². The van der Waals surface area contributed by atoms with E-state index in [0.29, 0.717) is 22.5 Å². The molecule has 0 unspecified atom stereocenters. The third-order valence-corrected chi connectivity index (χ3v) is 5.82. The van der Waals surface area contributed by atoms with E-state index in [9.17, 15) is 13.2 Å². The van der Waals surface area contributed by atoms with Crippen molar-refractivity contribution in [2.24, 2.45) is 0 Å². The number of nitrogens with two attached hydrogens (primary N) is 1. The minimum absolute atomic E-state index is 0.0162. The second-order valence-corrected chi connectivity index (χ2v) is 8.20. The van der Waals surface area contributed by atoms with Crippen molar-refractivity contribution in [3.63, 3.8) is 0 Å². The summed E-state index contributed by atoms with van der Waals surface area (Å²) in [5.74, 6) is -0.279. The number of sulfonamides is 1. The molecule has 140 valence electrons. The molecule has 2 aromatic carbocycles. The first-order valence-electron chi connectivity index (χ1n) is 8.33. The van der Waals surface area contributed by atoms with Gasteiger partial charge in [-0.2, -0.15) is 0 Å². The van der Waals surface area contributed by atoms with Crippen molar-refractivity contribution in [1.29, 1.82) is 0 Å². The topological polar surface area (TPSA) is 101 Å². The highest BCUT2D eigenvalue weighted by molar-refractivity contribution is 7.89. The molecule has 26 heavy (non-hydrogen) atoms. The van der Waals surface area contributed by atoms with E-state index in [1.165, 1.54) is 0 Å².